The van der Waals surface area contributed by atoms with Gasteiger partial charge in [0.05, 0.1) is 6.54 Å². The third-order valence-electron chi connectivity index (χ3n) is 3.12. The molecule has 4 heteroatoms. The van der Waals surface area contributed by atoms with Crippen molar-refractivity contribution < 1.29 is 9.90 Å². The lowest BCUT2D eigenvalue weighted by atomic mass is 10.0. The van der Waals surface area contributed by atoms with E-state index in [1.54, 1.807) is 0 Å². The van der Waals surface area contributed by atoms with Crippen LogP contribution in [-0.2, 0) is 17.8 Å². The molecule has 106 valence electrons. The highest BCUT2D eigenvalue weighted by Crippen LogP contribution is 2.12. The van der Waals surface area contributed by atoms with Crippen LogP contribution in [0.1, 0.15) is 18.1 Å². The fraction of sp³-hybridized carbons (Fsp3) is 0.533. The minimum Gasteiger partial charge on any atom is -0.480 e. The summed E-state index contributed by atoms with van der Waals surface area (Å²) in [5, 5.41) is 9.00. The summed E-state index contributed by atoms with van der Waals surface area (Å²) in [4.78, 5) is 15.0. The van der Waals surface area contributed by atoms with Crippen LogP contribution in [0.4, 0.5) is 0 Å². The average molecular weight is 264 g/mol. The zero-order chi connectivity index (χ0) is 14.3. The Labute approximate surface area is 115 Å². The molecule has 1 aromatic carbocycles. The summed E-state index contributed by atoms with van der Waals surface area (Å²) >= 11 is 0. The van der Waals surface area contributed by atoms with E-state index in [2.05, 4.69) is 24.0 Å². The van der Waals surface area contributed by atoms with Crippen molar-refractivity contribution in [3.8, 4) is 0 Å². The van der Waals surface area contributed by atoms with Crippen LogP contribution in [-0.4, -0.2) is 54.6 Å². The molecule has 1 N–H and O–H groups in total. The van der Waals surface area contributed by atoms with Gasteiger partial charge in [0.15, 0.2) is 0 Å². The fourth-order valence-corrected chi connectivity index (χ4v) is 2.04. The van der Waals surface area contributed by atoms with Crippen LogP contribution in [0, 0.1) is 0 Å². The first kappa shape index (κ1) is 15.7. The van der Waals surface area contributed by atoms with E-state index in [-0.39, 0.29) is 6.54 Å². The number of hydrogen-bond donors (Lipinski definition) is 1. The smallest absolute Gasteiger partial charge is 0.317 e. The molecule has 0 radical (unpaired) electrons. The molecular formula is C15H24N2O2. The SMILES string of the molecule is CCc1ccccc1CN(CCN(C)C)CC(=O)O. The highest BCUT2D eigenvalue weighted by molar-refractivity contribution is 5.69. The maximum atomic E-state index is 10.9. The number of benzene rings is 1. The van der Waals surface area contributed by atoms with Gasteiger partial charge in [0.25, 0.3) is 0 Å². The molecular weight excluding hydrogens is 240 g/mol. The van der Waals surface area contributed by atoms with Gasteiger partial charge in [-0.2, -0.15) is 0 Å². The molecule has 0 heterocycles. The lowest BCUT2D eigenvalue weighted by Gasteiger charge is -2.23. The van der Waals surface area contributed by atoms with E-state index in [1.165, 1.54) is 11.1 Å². The first-order chi connectivity index (χ1) is 9.02. The van der Waals surface area contributed by atoms with Gasteiger partial charge in [-0.05, 0) is 31.6 Å². The molecule has 0 aliphatic rings. The highest BCUT2D eigenvalue weighted by atomic mass is 16.4. The lowest BCUT2D eigenvalue weighted by Crippen LogP contribution is -2.35. The number of aryl methyl sites for hydroxylation is 1. The standard InChI is InChI=1S/C15H24N2O2/c1-4-13-7-5-6-8-14(13)11-17(12-15(18)19)10-9-16(2)3/h5-8H,4,9-12H2,1-3H3,(H,18,19). The largest absolute Gasteiger partial charge is 0.480 e. The predicted molar refractivity (Wildman–Crippen MR) is 77.3 cm³/mol. The Bertz CT molecular complexity index is 405. The fourth-order valence-electron chi connectivity index (χ4n) is 2.04. The van der Waals surface area contributed by atoms with Crippen molar-refractivity contribution in [2.24, 2.45) is 0 Å². The monoisotopic (exact) mass is 264 g/mol. The number of carboxylic acids is 1. The minimum absolute atomic E-state index is 0.0892. The van der Waals surface area contributed by atoms with Gasteiger partial charge >= 0.3 is 5.97 Å². The van der Waals surface area contributed by atoms with E-state index in [4.69, 9.17) is 5.11 Å². The molecule has 1 aromatic rings. The van der Waals surface area contributed by atoms with Gasteiger partial charge in [0, 0.05) is 19.6 Å². The Morgan fingerprint density at radius 1 is 1.16 bits per heavy atom. The summed E-state index contributed by atoms with van der Waals surface area (Å²) in [6.07, 6.45) is 0.977. The maximum absolute atomic E-state index is 10.9. The zero-order valence-electron chi connectivity index (χ0n) is 12.1. The molecule has 0 unspecified atom stereocenters. The van der Waals surface area contributed by atoms with E-state index >= 15 is 0 Å². The molecule has 0 aliphatic carbocycles. The van der Waals surface area contributed by atoms with Crippen LogP contribution >= 0.6 is 0 Å². The Kier molecular flexibility index (Phi) is 6.53. The van der Waals surface area contributed by atoms with E-state index in [1.807, 2.05) is 31.1 Å². The molecule has 0 spiro atoms. The van der Waals surface area contributed by atoms with Crippen LogP contribution in [0.2, 0.25) is 0 Å². The van der Waals surface area contributed by atoms with E-state index < -0.39 is 5.97 Å². The molecule has 0 saturated heterocycles. The first-order valence-corrected chi connectivity index (χ1v) is 6.68. The second-order valence-electron chi connectivity index (χ2n) is 5.03. The van der Waals surface area contributed by atoms with Crippen molar-refractivity contribution in [3.63, 3.8) is 0 Å². The van der Waals surface area contributed by atoms with Crippen molar-refractivity contribution in [1.29, 1.82) is 0 Å². The Balaban J connectivity index is 2.72. The van der Waals surface area contributed by atoms with Gasteiger partial charge in [-0.3, -0.25) is 9.69 Å². The van der Waals surface area contributed by atoms with Crippen LogP contribution in [0.15, 0.2) is 24.3 Å². The Morgan fingerprint density at radius 2 is 1.79 bits per heavy atom. The number of aliphatic carboxylic acids is 1. The van der Waals surface area contributed by atoms with E-state index in [0.717, 1.165) is 19.5 Å². The van der Waals surface area contributed by atoms with Gasteiger partial charge in [0.1, 0.15) is 0 Å². The molecule has 1 rings (SSSR count). The number of likely N-dealkylation sites (N-methyl/N-ethyl adjacent to an activating group) is 1. The summed E-state index contributed by atoms with van der Waals surface area (Å²) in [5.74, 6) is -0.771. The third kappa shape index (κ3) is 5.85. The number of nitrogens with zero attached hydrogens (tertiary/aromatic N) is 2. The molecule has 0 saturated carbocycles. The van der Waals surface area contributed by atoms with Gasteiger partial charge in [-0.15, -0.1) is 0 Å². The predicted octanol–water partition coefficient (Wildman–Crippen LogP) is 1.70. The topological polar surface area (TPSA) is 43.8 Å². The van der Waals surface area contributed by atoms with Crippen LogP contribution < -0.4 is 0 Å². The highest BCUT2D eigenvalue weighted by Gasteiger charge is 2.12. The lowest BCUT2D eigenvalue weighted by molar-refractivity contribution is -0.138. The van der Waals surface area contributed by atoms with Gasteiger partial charge < -0.3 is 10.0 Å². The van der Waals surface area contributed by atoms with Crippen molar-refractivity contribution in [3.05, 3.63) is 35.4 Å². The second-order valence-corrected chi connectivity index (χ2v) is 5.03. The molecule has 0 aromatic heterocycles. The number of carbonyl (C=O) groups is 1. The van der Waals surface area contributed by atoms with Gasteiger partial charge in [-0.25, -0.2) is 0 Å². The summed E-state index contributed by atoms with van der Waals surface area (Å²) < 4.78 is 0. The molecule has 0 atom stereocenters. The summed E-state index contributed by atoms with van der Waals surface area (Å²) in [7, 11) is 4.00. The van der Waals surface area contributed by atoms with Crippen molar-refractivity contribution in [2.45, 2.75) is 19.9 Å². The molecule has 0 bridgehead atoms. The molecule has 19 heavy (non-hydrogen) atoms. The number of rotatable bonds is 8. The minimum atomic E-state index is -0.771. The van der Waals surface area contributed by atoms with Crippen molar-refractivity contribution in [1.82, 2.24) is 9.80 Å². The summed E-state index contributed by atoms with van der Waals surface area (Å²) in [6, 6.07) is 8.24. The van der Waals surface area contributed by atoms with Crippen LogP contribution in [0.3, 0.4) is 0 Å². The molecule has 4 nitrogen and oxygen atoms in total. The van der Waals surface area contributed by atoms with Gasteiger partial charge in [-0.1, -0.05) is 31.2 Å². The first-order valence-electron chi connectivity index (χ1n) is 6.68. The Morgan fingerprint density at radius 3 is 2.32 bits per heavy atom. The van der Waals surface area contributed by atoms with Gasteiger partial charge in [0.2, 0.25) is 0 Å². The molecule has 0 aliphatic heterocycles. The van der Waals surface area contributed by atoms with E-state index in [9.17, 15) is 4.79 Å². The van der Waals surface area contributed by atoms with Crippen LogP contribution in [0.25, 0.3) is 0 Å². The quantitative estimate of drug-likeness (QED) is 0.776. The maximum Gasteiger partial charge on any atom is 0.317 e. The normalized spacial score (nSPS) is 11.2. The Hall–Kier alpha value is -1.39. The zero-order valence-corrected chi connectivity index (χ0v) is 12.1. The molecule has 0 amide bonds. The number of hydrogen-bond acceptors (Lipinski definition) is 3. The molecule has 0 fully saturated rings. The van der Waals surface area contributed by atoms with Crippen molar-refractivity contribution in [2.75, 3.05) is 33.7 Å². The van der Waals surface area contributed by atoms with E-state index in [0.29, 0.717) is 6.54 Å². The third-order valence-corrected chi connectivity index (χ3v) is 3.12. The second kappa shape index (κ2) is 7.92. The number of carboxylic acid groups (broad SMARTS) is 1. The van der Waals surface area contributed by atoms with Crippen molar-refractivity contribution >= 4 is 5.97 Å². The summed E-state index contributed by atoms with van der Waals surface area (Å²) in [5.41, 5.74) is 2.52. The van der Waals surface area contributed by atoms with Crippen LogP contribution in [0.5, 0.6) is 0 Å². The summed E-state index contributed by atoms with van der Waals surface area (Å²) in [6.45, 7) is 4.54. The average Bonchev–Trinajstić information content (AvgIpc) is 2.36.